The van der Waals surface area contributed by atoms with E-state index in [0.29, 0.717) is 5.56 Å². The number of benzene rings is 2. The molecule has 1 aromatic heterocycles. The molecule has 0 saturated carbocycles. The number of piperazine rings is 1. The number of aromatic nitrogens is 1. The lowest BCUT2D eigenvalue weighted by atomic mass is 9.98. The fourth-order valence-electron chi connectivity index (χ4n) is 4.50. The summed E-state index contributed by atoms with van der Waals surface area (Å²) in [5.74, 6) is 0.0222. The molecule has 3 aromatic rings. The Hall–Kier alpha value is -2.83. The third-order valence-electron chi connectivity index (χ3n) is 6.26. The third-order valence-corrected chi connectivity index (χ3v) is 6.26. The average Bonchev–Trinajstić information content (AvgIpc) is 3.26. The number of hydrogen-bond donors (Lipinski definition) is 2. The van der Waals surface area contributed by atoms with E-state index in [1.807, 2.05) is 18.3 Å². The number of aromatic amines is 1. The number of ether oxygens (including phenoxy) is 1. The number of methoxy groups -OCH3 is 1. The monoisotopic (exact) mass is 407 g/mol. The van der Waals surface area contributed by atoms with Gasteiger partial charge in [0.2, 0.25) is 0 Å². The Kier molecular flexibility index (Phi) is 5.79. The number of aromatic carboxylic acids is 1. The molecule has 30 heavy (non-hydrogen) atoms. The maximum Gasteiger partial charge on any atom is 0.335 e. The van der Waals surface area contributed by atoms with Crippen molar-refractivity contribution in [3.8, 4) is 5.75 Å². The van der Waals surface area contributed by atoms with Crippen LogP contribution in [0.2, 0.25) is 0 Å². The van der Waals surface area contributed by atoms with Gasteiger partial charge >= 0.3 is 5.97 Å². The SMILES string of the molecule is CCN1CCN(Cc2c(OC)cc(C)c3[nH]ccc23)C(c2ccc(C(=O)O)cc2)C1. The number of carboxylic acids is 1. The molecule has 0 radical (unpaired) electrons. The highest BCUT2D eigenvalue weighted by atomic mass is 16.5. The van der Waals surface area contributed by atoms with Crippen molar-refractivity contribution < 1.29 is 14.6 Å². The molecule has 1 aliphatic heterocycles. The smallest absolute Gasteiger partial charge is 0.335 e. The number of fused-ring (bicyclic) bond motifs is 1. The molecule has 6 nitrogen and oxygen atoms in total. The number of carboxylic acid groups (broad SMARTS) is 1. The van der Waals surface area contributed by atoms with E-state index in [1.165, 1.54) is 16.5 Å². The summed E-state index contributed by atoms with van der Waals surface area (Å²) in [5, 5.41) is 10.4. The van der Waals surface area contributed by atoms with Crippen LogP contribution in [0.3, 0.4) is 0 Å². The van der Waals surface area contributed by atoms with Crippen molar-refractivity contribution in [3.63, 3.8) is 0 Å². The van der Waals surface area contributed by atoms with Gasteiger partial charge in [0.1, 0.15) is 5.75 Å². The summed E-state index contributed by atoms with van der Waals surface area (Å²) in [6.45, 7) is 8.96. The summed E-state index contributed by atoms with van der Waals surface area (Å²) in [4.78, 5) is 19.5. The van der Waals surface area contributed by atoms with Gasteiger partial charge in [0, 0.05) is 54.9 Å². The number of likely N-dealkylation sites (N-methyl/N-ethyl adjacent to an activating group) is 1. The maximum absolute atomic E-state index is 11.3. The van der Waals surface area contributed by atoms with E-state index in [9.17, 15) is 9.90 Å². The number of nitrogens with one attached hydrogen (secondary N) is 1. The Morgan fingerprint density at radius 1 is 1.23 bits per heavy atom. The predicted octanol–water partition coefficient (Wildman–Crippen LogP) is 4.06. The van der Waals surface area contributed by atoms with Gasteiger partial charge in [-0.3, -0.25) is 4.90 Å². The largest absolute Gasteiger partial charge is 0.496 e. The number of H-pyrrole nitrogens is 1. The zero-order valence-electron chi connectivity index (χ0n) is 17.8. The summed E-state index contributed by atoms with van der Waals surface area (Å²) in [6.07, 6.45) is 1.98. The molecule has 6 heteroatoms. The van der Waals surface area contributed by atoms with Gasteiger partial charge in [-0.2, -0.15) is 0 Å². The second-order valence-electron chi connectivity index (χ2n) is 7.95. The molecule has 2 N–H and O–H groups in total. The second-order valence-corrected chi connectivity index (χ2v) is 7.95. The van der Waals surface area contributed by atoms with Crippen LogP contribution in [0, 0.1) is 6.92 Å². The fraction of sp³-hybridized carbons (Fsp3) is 0.375. The first-order chi connectivity index (χ1) is 14.5. The molecule has 0 bridgehead atoms. The van der Waals surface area contributed by atoms with Gasteiger partial charge in [0.25, 0.3) is 0 Å². The highest BCUT2D eigenvalue weighted by Gasteiger charge is 2.29. The molecule has 4 rings (SSSR count). The van der Waals surface area contributed by atoms with Crippen LogP contribution in [0.15, 0.2) is 42.6 Å². The Morgan fingerprint density at radius 3 is 2.67 bits per heavy atom. The van der Waals surface area contributed by atoms with Crippen LogP contribution in [-0.4, -0.2) is 59.1 Å². The van der Waals surface area contributed by atoms with Crippen LogP contribution in [0.5, 0.6) is 5.75 Å². The molecule has 1 saturated heterocycles. The van der Waals surface area contributed by atoms with E-state index in [4.69, 9.17) is 4.74 Å². The van der Waals surface area contributed by atoms with Crippen LogP contribution >= 0.6 is 0 Å². The zero-order valence-corrected chi connectivity index (χ0v) is 17.8. The lowest BCUT2D eigenvalue weighted by molar-refractivity contribution is 0.0692. The van der Waals surface area contributed by atoms with Crippen molar-refractivity contribution in [1.29, 1.82) is 0 Å². The van der Waals surface area contributed by atoms with Gasteiger partial charge in [0.05, 0.1) is 12.7 Å². The first kappa shape index (κ1) is 20.4. The number of aryl methyl sites for hydroxylation is 1. The summed E-state index contributed by atoms with van der Waals surface area (Å²) in [7, 11) is 1.73. The van der Waals surface area contributed by atoms with Crippen molar-refractivity contribution >= 4 is 16.9 Å². The minimum Gasteiger partial charge on any atom is -0.496 e. The number of hydrogen-bond acceptors (Lipinski definition) is 4. The Labute approximate surface area is 177 Å². The molecule has 0 aliphatic carbocycles. The van der Waals surface area contributed by atoms with E-state index in [2.05, 4.69) is 40.8 Å². The van der Waals surface area contributed by atoms with Crippen molar-refractivity contribution in [2.45, 2.75) is 26.4 Å². The Bertz CT molecular complexity index is 1040. The third kappa shape index (κ3) is 3.80. The van der Waals surface area contributed by atoms with Crippen LogP contribution in [-0.2, 0) is 6.54 Å². The highest BCUT2D eigenvalue weighted by Crippen LogP contribution is 2.35. The van der Waals surface area contributed by atoms with Crippen LogP contribution < -0.4 is 4.74 Å². The number of carbonyl (C=O) groups is 1. The van der Waals surface area contributed by atoms with Gasteiger partial charge in [-0.1, -0.05) is 19.1 Å². The molecule has 0 amide bonds. The van der Waals surface area contributed by atoms with Gasteiger partial charge < -0.3 is 19.7 Å². The molecular formula is C24H29N3O3. The zero-order chi connectivity index (χ0) is 21.3. The van der Waals surface area contributed by atoms with Gasteiger partial charge in [0.15, 0.2) is 0 Å². The summed E-state index contributed by atoms with van der Waals surface area (Å²) in [6, 6.07) is 11.7. The molecule has 0 spiro atoms. The lowest BCUT2D eigenvalue weighted by Crippen LogP contribution is -2.47. The molecule has 158 valence electrons. The van der Waals surface area contributed by atoms with Gasteiger partial charge in [-0.15, -0.1) is 0 Å². The molecule has 1 atom stereocenters. The van der Waals surface area contributed by atoms with Crippen molar-refractivity contribution in [2.75, 3.05) is 33.3 Å². The number of nitrogens with zero attached hydrogens (tertiary/aromatic N) is 2. The summed E-state index contributed by atoms with van der Waals surface area (Å²) >= 11 is 0. The van der Waals surface area contributed by atoms with E-state index >= 15 is 0 Å². The normalized spacial score (nSPS) is 18.0. The van der Waals surface area contributed by atoms with E-state index in [-0.39, 0.29) is 6.04 Å². The van der Waals surface area contributed by atoms with Crippen molar-refractivity contribution in [2.24, 2.45) is 0 Å². The van der Waals surface area contributed by atoms with Crippen molar-refractivity contribution in [3.05, 3.63) is 64.8 Å². The highest BCUT2D eigenvalue weighted by molar-refractivity contribution is 5.88. The molecule has 1 unspecified atom stereocenters. The summed E-state index contributed by atoms with van der Waals surface area (Å²) in [5.41, 5.74) is 4.99. The Morgan fingerprint density at radius 2 is 2.00 bits per heavy atom. The van der Waals surface area contributed by atoms with E-state index < -0.39 is 5.97 Å². The minimum atomic E-state index is -0.892. The topological polar surface area (TPSA) is 68.8 Å². The first-order valence-electron chi connectivity index (χ1n) is 10.4. The van der Waals surface area contributed by atoms with Crippen molar-refractivity contribution in [1.82, 2.24) is 14.8 Å². The van der Waals surface area contributed by atoms with Gasteiger partial charge in [-0.05, 0) is 48.9 Å². The van der Waals surface area contributed by atoms with E-state index in [0.717, 1.165) is 49.6 Å². The molecule has 1 aliphatic rings. The molecule has 1 fully saturated rings. The molecule has 2 aromatic carbocycles. The maximum atomic E-state index is 11.3. The Balaban J connectivity index is 1.70. The lowest BCUT2D eigenvalue weighted by Gasteiger charge is -2.41. The average molecular weight is 408 g/mol. The van der Waals surface area contributed by atoms with Crippen LogP contribution in [0.1, 0.15) is 40.0 Å². The van der Waals surface area contributed by atoms with Crippen LogP contribution in [0.4, 0.5) is 0 Å². The minimum absolute atomic E-state index is 0.196. The predicted molar refractivity (Wildman–Crippen MR) is 118 cm³/mol. The first-order valence-corrected chi connectivity index (χ1v) is 10.4. The quantitative estimate of drug-likeness (QED) is 0.645. The second kappa shape index (κ2) is 8.50. The van der Waals surface area contributed by atoms with E-state index in [1.54, 1.807) is 19.2 Å². The summed E-state index contributed by atoms with van der Waals surface area (Å²) < 4.78 is 5.75. The standard InChI is InChI=1S/C24H29N3O3/c1-4-26-11-12-27(21(15-26)17-5-7-18(8-6-17)24(28)29)14-20-19-9-10-25-23(19)16(2)13-22(20)30-3/h5-10,13,21,25H,4,11-12,14-15H2,1-3H3,(H,28,29). The molecule has 2 heterocycles. The van der Waals surface area contributed by atoms with Gasteiger partial charge in [-0.25, -0.2) is 4.79 Å². The molecular weight excluding hydrogens is 378 g/mol. The fourth-order valence-corrected chi connectivity index (χ4v) is 4.50. The van der Waals surface area contributed by atoms with Crippen LogP contribution in [0.25, 0.3) is 10.9 Å². The number of rotatable bonds is 6.